The molecular formula is C17H21NO2. The fourth-order valence-corrected chi connectivity index (χ4v) is 2.68. The number of fused-ring (bicyclic) bond motifs is 1. The van der Waals surface area contributed by atoms with Crippen LogP contribution >= 0.6 is 0 Å². The van der Waals surface area contributed by atoms with Gasteiger partial charge in [0.2, 0.25) is 0 Å². The lowest BCUT2D eigenvalue weighted by Gasteiger charge is -2.21. The molecule has 1 fully saturated rings. The average molecular weight is 271 g/mol. The van der Waals surface area contributed by atoms with Crippen molar-refractivity contribution in [2.75, 3.05) is 13.1 Å². The summed E-state index contributed by atoms with van der Waals surface area (Å²) in [6, 6.07) is 7.85. The molecule has 3 heteroatoms. The van der Waals surface area contributed by atoms with E-state index in [2.05, 4.69) is 6.92 Å². The highest BCUT2D eigenvalue weighted by atomic mass is 16.3. The fraction of sp³-hybridized carbons (Fsp3) is 0.471. The van der Waals surface area contributed by atoms with Crippen molar-refractivity contribution in [3.05, 3.63) is 35.6 Å². The van der Waals surface area contributed by atoms with E-state index in [0.29, 0.717) is 11.7 Å². The van der Waals surface area contributed by atoms with E-state index in [4.69, 9.17) is 4.42 Å². The first kappa shape index (κ1) is 13.2. The minimum absolute atomic E-state index is 0.0486. The minimum Gasteiger partial charge on any atom is -0.451 e. The molecule has 2 aromatic rings. The molecule has 106 valence electrons. The molecular weight excluding hydrogens is 250 g/mol. The molecule has 20 heavy (non-hydrogen) atoms. The van der Waals surface area contributed by atoms with Crippen molar-refractivity contribution in [2.45, 2.75) is 33.1 Å². The van der Waals surface area contributed by atoms with Gasteiger partial charge in [-0.25, -0.2) is 0 Å². The number of rotatable bonds is 5. The Bertz CT molecular complexity index is 625. The summed E-state index contributed by atoms with van der Waals surface area (Å²) in [7, 11) is 0. The van der Waals surface area contributed by atoms with Crippen LogP contribution in [0.3, 0.4) is 0 Å². The van der Waals surface area contributed by atoms with E-state index in [1.165, 1.54) is 12.8 Å². The van der Waals surface area contributed by atoms with Crippen LogP contribution in [0.15, 0.2) is 28.7 Å². The highest BCUT2D eigenvalue weighted by Gasteiger charge is 2.29. The van der Waals surface area contributed by atoms with Gasteiger partial charge in [0.05, 0.1) is 0 Å². The van der Waals surface area contributed by atoms with E-state index in [1.807, 2.05) is 36.1 Å². The largest absolute Gasteiger partial charge is 0.451 e. The molecule has 1 aliphatic rings. The van der Waals surface area contributed by atoms with Gasteiger partial charge in [0.25, 0.3) is 5.91 Å². The third-order valence-electron chi connectivity index (χ3n) is 3.99. The van der Waals surface area contributed by atoms with Crippen LogP contribution in [0.2, 0.25) is 0 Å². The van der Waals surface area contributed by atoms with Crippen molar-refractivity contribution in [3.63, 3.8) is 0 Å². The van der Waals surface area contributed by atoms with Crippen LogP contribution in [0.5, 0.6) is 0 Å². The zero-order valence-electron chi connectivity index (χ0n) is 12.2. The summed E-state index contributed by atoms with van der Waals surface area (Å²) in [4.78, 5) is 14.7. The number of carbonyl (C=O) groups is 1. The number of furan rings is 1. The molecule has 1 heterocycles. The number of aryl methyl sites for hydroxylation is 1. The highest BCUT2D eigenvalue weighted by molar-refractivity contribution is 5.98. The second kappa shape index (κ2) is 5.31. The zero-order chi connectivity index (χ0) is 14.1. The van der Waals surface area contributed by atoms with Gasteiger partial charge in [0.15, 0.2) is 5.76 Å². The topological polar surface area (TPSA) is 33.5 Å². The average Bonchev–Trinajstić information content (AvgIpc) is 3.21. The Balaban J connectivity index is 1.91. The Morgan fingerprint density at radius 3 is 2.75 bits per heavy atom. The first-order valence-corrected chi connectivity index (χ1v) is 7.48. The predicted octanol–water partition coefficient (Wildman–Crippen LogP) is 4.00. The SMILES string of the molecule is CCCN(CC1CC1)C(=O)c1oc2ccccc2c1C. The summed E-state index contributed by atoms with van der Waals surface area (Å²) in [5, 5.41) is 1.04. The quantitative estimate of drug-likeness (QED) is 0.823. The van der Waals surface area contributed by atoms with E-state index in [9.17, 15) is 4.79 Å². The molecule has 0 saturated heterocycles. The first-order valence-electron chi connectivity index (χ1n) is 7.48. The van der Waals surface area contributed by atoms with Crippen molar-refractivity contribution in [2.24, 2.45) is 5.92 Å². The molecule has 0 radical (unpaired) electrons. The molecule has 0 aliphatic heterocycles. The summed E-state index contributed by atoms with van der Waals surface area (Å²) in [6.07, 6.45) is 3.50. The van der Waals surface area contributed by atoms with Gasteiger partial charge in [-0.1, -0.05) is 25.1 Å². The maximum atomic E-state index is 12.7. The molecule has 3 rings (SSSR count). The summed E-state index contributed by atoms with van der Waals surface area (Å²) in [6.45, 7) is 5.77. The lowest BCUT2D eigenvalue weighted by atomic mass is 10.1. The Morgan fingerprint density at radius 1 is 1.35 bits per heavy atom. The second-order valence-electron chi connectivity index (χ2n) is 5.75. The van der Waals surface area contributed by atoms with Gasteiger partial charge < -0.3 is 9.32 Å². The van der Waals surface area contributed by atoms with Gasteiger partial charge in [-0.2, -0.15) is 0 Å². The summed E-state index contributed by atoms with van der Waals surface area (Å²) in [5.41, 5.74) is 1.76. The summed E-state index contributed by atoms with van der Waals surface area (Å²) < 4.78 is 5.80. The van der Waals surface area contributed by atoms with Gasteiger partial charge >= 0.3 is 0 Å². The van der Waals surface area contributed by atoms with Crippen LogP contribution in [0, 0.1) is 12.8 Å². The predicted molar refractivity (Wildman–Crippen MR) is 79.9 cm³/mol. The lowest BCUT2D eigenvalue weighted by Crippen LogP contribution is -2.33. The number of hydrogen-bond acceptors (Lipinski definition) is 2. The minimum atomic E-state index is 0.0486. The van der Waals surface area contributed by atoms with Gasteiger partial charge in [0.1, 0.15) is 5.58 Å². The molecule has 0 unspecified atom stereocenters. The molecule has 0 spiro atoms. The smallest absolute Gasteiger partial charge is 0.289 e. The number of nitrogens with zero attached hydrogens (tertiary/aromatic N) is 1. The number of hydrogen-bond donors (Lipinski definition) is 0. The number of para-hydroxylation sites is 1. The molecule has 0 atom stereocenters. The number of amides is 1. The van der Waals surface area contributed by atoms with Gasteiger partial charge in [-0.15, -0.1) is 0 Å². The van der Waals surface area contributed by atoms with Gasteiger partial charge in [-0.3, -0.25) is 4.79 Å². The fourth-order valence-electron chi connectivity index (χ4n) is 2.68. The standard InChI is InChI=1S/C17H21NO2/c1-3-10-18(11-13-8-9-13)17(19)16-12(2)14-6-4-5-7-15(14)20-16/h4-7,13H,3,8-11H2,1-2H3. The van der Waals surface area contributed by atoms with Crippen LogP contribution in [0.1, 0.15) is 42.3 Å². The molecule has 1 aromatic carbocycles. The van der Waals surface area contributed by atoms with Crippen LogP contribution in [0.25, 0.3) is 11.0 Å². The molecule has 1 aliphatic carbocycles. The van der Waals surface area contributed by atoms with Crippen molar-refractivity contribution >= 4 is 16.9 Å². The van der Waals surface area contributed by atoms with E-state index >= 15 is 0 Å². The Hall–Kier alpha value is -1.77. The van der Waals surface area contributed by atoms with E-state index in [0.717, 1.165) is 36.0 Å². The number of benzene rings is 1. The Morgan fingerprint density at radius 2 is 2.10 bits per heavy atom. The Labute approximate surface area is 119 Å². The van der Waals surface area contributed by atoms with Crippen molar-refractivity contribution in [1.29, 1.82) is 0 Å². The number of carbonyl (C=O) groups excluding carboxylic acids is 1. The summed E-state index contributed by atoms with van der Waals surface area (Å²) >= 11 is 0. The van der Waals surface area contributed by atoms with Gasteiger partial charge in [0, 0.05) is 24.0 Å². The molecule has 0 bridgehead atoms. The molecule has 1 saturated carbocycles. The van der Waals surface area contributed by atoms with Crippen LogP contribution in [-0.4, -0.2) is 23.9 Å². The van der Waals surface area contributed by atoms with Crippen molar-refractivity contribution in [1.82, 2.24) is 4.90 Å². The normalized spacial score (nSPS) is 14.7. The Kier molecular flexibility index (Phi) is 3.51. The van der Waals surface area contributed by atoms with Crippen LogP contribution in [-0.2, 0) is 0 Å². The van der Waals surface area contributed by atoms with Crippen molar-refractivity contribution in [3.8, 4) is 0 Å². The van der Waals surface area contributed by atoms with E-state index in [-0.39, 0.29) is 5.91 Å². The van der Waals surface area contributed by atoms with Crippen LogP contribution < -0.4 is 0 Å². The maximum absolute atomic E-state index is 12.7. The van der Waals surface area contributed by atoms with Gasteiger partial charge in [-0.05, 0) is 38.2 Å². The molecule has 1 aromatic heterocycles. The molecule has 3 nitrogen and oxygen atoms in total. The molecule has 0 N–H and O–H groups in total. The summed E-state index contributed by atoms with van der Waals surface area (Å²) in [5.74, 6) is 1.27. The lowest BCUT2D eigenvalue weighted by molar-refractivity contribution is 0.0717. The third kappa shape index (κ3) is 2.45. The third-order valence-corrected chi connectivity index (χ3v) is 3.99. The second-order valence-corrected chi connectivity index (χ2v) is 5.75. The maximum Gasteiger partial charge on any atom is 0.289 e. The van der Waals surface area contributed by atoms with E-state index in [1.54, 1.807) is 0 Å². The monoisotopic (exact) mass is 271 g/mol. The zero-order valence-corrected chi connectivity index (χ0v) is 12.2. The van der Waals surface area contributed by atoms with E-state index < -0.39 is 0 Å². The first-order chi connectivity index (χ1) is 9.70. The molecule has 1 amide bonds. The van der Waals surface area contributed by atoms with Crippen LogP contribution in [0.4, 0.5) is 0 Å². The highest BCUT2D eigenvalue weighted by Crippen LogP contribution is 2.31. The van der Waals surface area contributed by atoms with Crippen molar-refractivity contribution < 1.29 is 9.21 Å².